The van der Waals surface area contributed by atoms with Gasteiger partial charge in [0.2, 0.25) is 6.10 Å². The normalized spacial score (nSPS) is 14.2. The van der Waals surface area contributed by atoms with Gasteiger partial charge in [-0.25, -0.2) is 4.79 Å². The summed E-state index contributed by atoms with van der Waals surface area (Å²) in [4.78, 5) is 10.8. The minimum Gasteiger partial charge on any atom is -0.440 e. The first-order chi connectivity index (χ1) is 7.43. The molecule has 2 unspecified atom stereocenters. The SMILES string of the molecule is Cc1cccc(Cl)c1C(OC(N)=O)C(C)[OH2+]. The summed E-state index contributed by atoms with van der Waals surface area (Å²) in [7, 11) is 0. The standard InChI is InChI=1S/C11H14ClNO3/c1-6-4-3-5-8(12)9(6)10(7(2)14)16-11(13)15/h3-5,7,10,14H,1-2H3,(H2,13,15)/p+1. The highest BCUT2D eigenvalue weighted by Crippen LogP contribution is 2.31. The Hall–Kier alpha value is -1.26. The zero-order valence-electron chi connectivity index (χ0n) is 9.16. The Morgan fingerprint density at radius 1 is 1.56 bits per heavy atom. The molecule has 0 aliphatic heterocycles. The molecule has 2 atom stereocenters. The summed E-state index contributed by atoms with van der Waals surface area (Å²) in [5, 5.41) is 8.14. The highest BCUT2D eigenvalue weighted by atomic mass is 35.5. The highest BCUT2D eigenvalue weighted by Gasteiger charge is 2.28. The molecule has 0 aromatic heterocycles. The van der Waals surface area contributed by atoms with Crippen molar-refractivity contribution in [3.63, 3.8) is 0 Å². The molecule has 0 fully saturated rings. The topological polar surface area (TPSA) is 75.2 Å². The van der Waals surface area contributed by atoms with Crippen LogP contribution in [0.5, 0.6) is 0 Å². The van der Waals surface area contributed by atoms with Crippen LogP contribution in [0.25, 0.3) is 0 Å². The first kappa shape index (κ1) is 12.8. The molecule has 1 aromatic carbocycles. The monoisotopic (exact) mass is 244 g/mol. The van der Waals surface area contributed by atoms with E-state index in [1.54, 1.807) is 19.1 Å². The van der Waals surface area contributed by atoms with Crippen molar-refractivity contribution in [2.75, 3.05) is 0 Å². The second-order valence-electron chi connectivity index (χ2n) is 3.62. The van der Waals surface area contributed by atoms with Gasteiger partial charge in [-0.05, 0) is 18.6 Å². The van der Waals surface area contributed by atoms with E-state index in [1.165, 1.54) is 0 Å². The number of halogens is 1. The number of hydrogen-bond donors (Lipinski definition) is 1. The van der Waals surface area contributed by atoms with Gasteiger partial charge in [0, 0.05) is 17.5 Å². The van der Waals surface area contributed by atoms with Crippen LogP contribution in [0.4, 0.5) is 4.79 Å². The third kappa shape index (κ3) is 2.87. The molecule has 1 aromatic rings. The highest BCUT2D eigenvalue weighted by molar-refractivity contribution is 6.31. The number of amides is 1. The Morgan fingerprint density at radius 2 is 2.19 bits per heavy atom. The molecule has 0 saturated heterocycles. The van der Waals surface area contributed by atoms with E-state index in [9.17, 15) is 4.79 Å². The molecule has 0 radical (unpaired) electrons. The van der Waals surface area contributed by atoms with Crippen molar-refractivity contribution in [2.45, 2.75) is 26.1 Å². The van der Waals surface area contributed by atoms with Gasteiger partial charge in [-0.15, -0.1) is 0 Å². The lowest BCUT2D eigenvalue weighted by atomic mass is 10.00. The summed E-state index contributed by atoms with van der Waals surface area (Å²) in [5.74, 6) is 0. The van der Waals surface area contributed by atoms with Crippen molar-refractivity contribution in [3.8, 4) is 0 Å². The predicted octanol–water partition coefficient (Wildman–Crippen LogP) is 1.90. The minimum absolute atomic E-state index is 0.477. The van der Waals surface area contributed by atoms with E-state index < -0.39 is 18.3 Å². The molecule has 0 heterocycles. The van der Waals surface area contributed by atoms with Crippen LogP contribution in [0.3, 0.4) is 0 Å². The number of hydrogen-bond acceptors (Lipinski definition) is 2. The fourth-order valence-electron chi connectivity index (χ4n) is 1.54. The third-order valence-corrected chi connectivity index (χ3v) is 2.58. The molecule has 1 rings (SSSR count). The van der Waals surface area contributed by atoms with Crippen molar-refractivity contribution in [1.82, 2.24) is 0 Å². The Kier molecular flexibility index (Phi) is 4.15. The van der Waals surface area contributed by atoms with Gasteiger partial charge in [-0.2, -0.15) is 0 Å². The van der Waals surface area contributed by atoms with Crippen molar-refractivity contribution in [2.24, 2.45) is 5.73 Å². The van der Waals surface area contributed by atoms with E-state index in [4.69, 9.17) is 27.2 Å². The third-order valence-electron chi connectivity index (χ3n) is 2.25. The number of carbonyl (C=O) groups excluding carboxylic acids is 1. The van der Waals surface area contributed by atoms with Crippen LogP contribution in [0, 0.1) is 6.92 Å². The van der Waals surface area contributed by atoms with Crippen molar-refractivity contribution in [3.05, 3.63) is 34.3 Å². The van der Waals surface area contributed by atoms with Crippen LogP contribution in [-0.2, 0) is 4.74 Å². The maximum Gasteiger partial charge on any atom is 0.405 e. The van der Waals surface area contributed by atoms with E-state index in [0.717, 1.165) is 5.56 Å². The minimum atomic E-state index is -0.900. The summed E-state index contributed by atoms with van der Waals surface area (Å²) >= 11 is 6.04. The van der Waals surface area contributed by atoms with E-state index in [1.807, 2.05) is 13.0 Å². The van der Waals surface area contributed by atoms with Crippen LogP contribution >= 0.6 is 11.6 Å². The molecule has 5 heteroatoms. The number of carbonyl (C=O) groups is 1. The fraction of sp³-hybridized carbons (Fsp3) is 0.364. The first-order valence-corrected chi connectivity index (χ1v) is 5.23. The second-order valence-corrected chi connectivity index (χ2v) is 4.02. The zero-order valence-corrected chi connectivity index (χ0v) is 9.91. The largest absolute Gasteiger partial charge is 0.440 e. The van der Waals surface area contributed by atoms with E-state index in [-0.39, 0.29) is 0 Å². The van der Waals surface area contributed by atoms with Gasteiger partial charge in [0.25, 0.3) is 0 Å². The average molecular weight is 245 g/mol. The summed E-state index contributed by atoms with van der Waals surface area (Å²) in [6, 6.07) is 5.35. The number of ether oxygens (including phenoxy) is 1. The van der Waals surface area contributed by atoms with E-state index in [2.05, 4.69) is 0 Å². The average Bonchev–Trinajstić information content (AvgIpc) is 2.15. The summed E-state index contributed by atoms with van der Waals surface area (Å²) in [6.45, 7) is 3.47. The Morgan fingerprint density at radius 3 is 2.62 bits per heavy atom. The smallest absolute Gasteiger partial charge is 0.405 e. The van der Waals surface area contributed by atoms with Crippen LogP contribution in [0.1, 0.15) is 24.2 Å². The van der Waals surface area contributed by atoms with Crippen LogP contribution in [0.2, 0.25) is 5.02 Å². The lowest BCUT2D eigenvalue weighted by Gasteiger charge is -2.20. The Balaban J connectivity index is 3.15. The first-order valence-electron chi connectivity index (χ1n) is 4.85. The maximum atomic E-state index is 10.8. The molecular formula is C11H15ClNO3+. The van der Waals surface area contributed by atoms with Crippen molar-refractivity contribution in [1.29, 1.82) is 0 Å². The van der Waals surface area contributed by atoms with Gasteiger partial charge in [-0.3, -0.25) is 0 Å². The van der Waals surface area contributed by atoms with Crippen LogP contribution < -0.4 is 5.73 Å². The summed E-state index contributed by atoms with van der Waals surface area (Å²) in [5.41, 5.74) is 6.50. The lowest BCUT2D eigenvalue weighted by Crippen LogP contribution is -2.25. The lowest BCUT2D eigenvalue weighted by molar-refractivity contribution is 0.0145. The Bertz CT molecular complexity index is 373. The number of nitrogens with two attached hydrogens (primary N) is 1. The molecule has 1 amide bonds. The van der Waals surface area contributed by atoms with Gasteiger partial charge in [-0.1, -0.05) is 23.7 Å². The van der Waals surface area contributed by atoms with Crippen molar-refractivity contribution < 1.29 is 14.6 Å². The zero-order chi connectivity index (χ0) is 12.3. The molecule has 0 bridgehead atoms. The van der Waals surface area contributed by atoms with Gasteiger partial charge in [0.05, 0.1) is 0 Å². The quantitative estimate of drug-likeness (QED) is 0.825. The van der Waals surface area contributed by atoms with Crippen LogP contribution in [0.15, 0.2) is 18.2 Å². The molecule has 88 valence electrons. The molecule has 4 nitrogen and oxygen atoms in total. The summed E-state index contributed by atoms with van der Waals surface area (Å²) < 4.78 is 4.93. The molecular weight excluding hydrogens is 230 g/mol. The van der Waals surface area contributed by atoms with Gasteiger partial charge < -0.3 is 15.6 Å². The molecule has 0 aliphatic rings. The Labute approximate surface area is 99.0 Å². The number of primary amides is 1. The van der Waals surface area contributed by atoms with Gasteiger partial charge in [0.1, 0.15) is 0 Å². The number of aryl methyl sites for hydroxylation is 1. The van der Waals surface area contributed by atoms with Crippen molar-refractivity contribution >= 4 is 17.7 Å². The predicted molar refractivity (Wildman–Crippen MR) is 62.7 cm³/mol. The van der Waals surface area contributed by atoms with Crippen LogP contribution in [-0.4, -0.2) is 17.3 Å². The number of rotatable bonds is 3. The number of benzene rings is 1. The van der Waals surface area contributed by atoms with E-state index in [0.29, 0.717) is 10.6 Å². The summed E-state index contributed by atoms with van der Waals surface area (Å²) in [6.07, 6.45) is -2.26. The molecule has 4 N–H and O–H groups in total. The van der Waals surface area contributed by atoms with Gasteiger partial charge >= 0.3 is 6.09 Å². The second kappa shape index (κ2) is 5.18. The van der Waals surface area contributed by atoms with Gasteiger partial charge in [0.15, 0.2) is 6.10 Å². The molecule has 0 spiro atoms. The fourth-order valence-corrected chi connectivity index (χ4v) is 1.87. The molecule has 0 aliphatic carbocycles. The van der Waals surface area contributed by atoms with E-state index >= 15 is 0 Å². The molecule has 0 saturated carbocycles. The maximum absolute atomic E-state index is 10.8. The molecule has 16 heavy (non-hydrogen) atoms.